The second kappa shape index (κ2) is 6.65. The molecule has 3 nitrogen and oxygen atoms in total. The van der Waals surface area contributed by atoms with E-state index < -0.39 is 0 Å². The number of benzene rings is 2. The number of anilines is 1. The van der Waals surface area contributed by atoms with Crippen molar-refractivity contribution in [3.05, 3.63) is 113 Å². The molecule has 3 aromatic rings. The molecule has 0 bridgehead atoms. The van der Waals surface area contributed by atoms with Crippen molar-refractivity contribution in [2.45, 2.75) is 0 Å². The monoisotopic (exact) mass is 326 g/mol. The molecule has 1 aliphatic heterocycles. The van der Waals surface area contributed by atoms with Crippen LogP contribution in [0, 0.1) is 0 Å². The zero-order chi connectivity index (χ0) is 17.1. The first-order valence-electron chi connectivity index (χ1n) is 8.29. The van der Waals surface area contributed by atoms with Gasteiger partial charge in [-0.3, -0.25) is 4.79 Å². The normalized spacial score (nSPS) is 14.0. The van der Waals surface area contributed by atoms with E-state index in [0.29, 0.717) is 0 Å². The molecule has 0 amide bonds. The molecule has 0 unspecified atom stereocenters. The number of rotatable bonds is 3. The van der Waals surface area contributed by atoms with Crippen molar-refractivity contribution in [1.29, 1.82) is 0 Å². The molecular weight excluding hydrogens is 308 g/mol. The summed E-state index contributed by atoms with van der Waals surface area (Å²) in [6.07, 6.45) is 6.05. The van der Waals surface area contributed by atoms with Gasteiger partial charge in [-0.15, -0.1) is 0 Å². The van der Waals surface area contributed by atoms with Crippen LogP contribution in [0.25, 0.3) is 11.3 Å². The molecule has 25 heavy (non-hydrogen) atoms. The molecule has 1 aliphatic rings. The van der Waals surface area contributed by atoms with E-state index in [1.165, 1.54) is 11.1 Å². The first kappa shape index (κ1) is 15.2. The van der Waals surface area contributed by atoms with Crippen molar-refractivity contribution in [3.8, 4) is 0 Å². The van der Waals surface area contributed by atoms with Gasteiger partial charge in [-0.1, -0.05) is 54.6 Å². The predicted octanol–water partition coefficient (Wildman–Crippen LogP) is 4.32. The fourth-order valence-corrected chi connectivity index (χ4v) is 3.08. The maximum Gasteiger partial charge on any atom is 0.247 e. The quantitative estimate of drug-likeness (QED) is 0.778. The smallest absolute Gasteiger partial charge is 0.247 e. The SMILES string of the molecule is O=c1ccc(C2=CC=C(c3ccccc3)CN2c2ccccc2)c[nH]1. The Kier molecular flexibility index (Phi) is 4.05. The summed E-state index contributed by atoms with van der Waals surface area (Å²) in [5, 5.41) is 0. The summed E-state index contributed by atoms with van der Waals surface area (Å²) in [6.45, 7) is 0.777. The standard InChI is InChI=1S/C22H18N2O/c25-22-14-12-18(15-23-22)21-13-11-19(17-7-3-1-4-8-17)16-24(21)20-9-5-2-6-10-20/h1-15H,16H2,(H,23,25). The fraction of sp³-hybridized carbons (Fsp3) is 0.0455. The summed E-state index contributed by atoms with van der Waals surface area (Å²) in [6, 6.07) is 24.2. The minimum Gasteiger partial charge on any atom is -0.336 e. The lowest BCUT2D eigenvalue weighted by atomic mass is 9.99. The summed E-state index contributed by atoms with van der Waals surface area (Å²) in [4.78, 5) is 16.4. The van der Waals surface area contributed by atoms with Gasteiger partial charge in [0.05, 0.1) is 5.70 Å². The summed E-state index contributed by atoms with van der Waals surface area (Å²) in [5.41, 5.74) is 5.58. The molecule has 1 aromatic heterocycles. The van der Waals surface area contributed by atoms with E-state index in [9.17, 15) is 4.79 Å². The molecule has 0 atom stereocenters. The van der Waals surface area contributed by atoms with Crippen molar-refractivity contribution < 1.29 is 0 Å². The van der Waals surface area contributed by atoms with Crippen LogP contribution in [-0.2, 0) is 0 Å². The number of aromatic amines is 1. The summed E-state index contributed by atoms with van der Waals surface area (Å²) < 4.78 is 0. The van der Waals surface area contributed by atoms with Gasteiger partial charge in [-0.25, -0.2) is 0 Å². The van der Waals surface area contributed by atoms with Crippen LogP contribution >= 0.6 is 0 Å². The Morgan fingerprint density at radius 2 is 1.48 bits per heavy atom. The van der Waals surface area contributed by atoms with Gasteiger partial charge in [0.25, 0.3) is 0 Å². The van der Waals surface area contributed by atoms with Gasteiger partial charge in [0.2, 0.25) is 5.56 Å². The minimum absolute atomic E-state index is 0.0908. The van der Waals surface area contributed by atoms with Crippen LogP contribution in [-0.4, -0.2) is 11.5 Å². The van der Waals surface area contributed by atoms with E-state index in [4.69, 9.17) is 0 Å². The number of aromatic nitrogens is 1. The zero-order valence-electron chi connectivity index (χ0n) is 13.7. The average molecular weight is 326 g/mol. The van der Waals surface area contributed by atoms with E-state index in [2.05, 4.69) is 58.4 Å². The van der Waals surface area contributed by atoms with Gasteiger partial charge in [0.1, 0.15) is 0 Å². The summed E-state index contributed by atoms with van der Waals surface area (Å²) in [5.74, 6) is 0. The Labute approximate surface area is 146 Å². The van der Waals surface area contributed by atoms with Gasteiger partial charge >= 0.3 is 0 Å². The first-order valence-corrected chi connectivity index (χ1v) is 8.29. The average Bonchev–Trinajstić information content (AvgIpc) is 2.70. The summed E-state index contributed by atoms with van der Waals surface area (Å²) in [7, 11) is 0. The number of nitrogens with one attached hydrogen (secondary N) is 1. The molecule has 2 aromatic carbocycles. The zero-order valence-corrected chi connectivity index (χ0v) is 13.7. The second-order valence-electron chi connectivity index (χ2n) is 5.97. The van der Waals surface area contributed by atoms with Gasteiger partial charge in [-0.2, -0.15) is 0 Å². The molecule has 0 spiro atoms. The molecule has 1 N–H and O–H groups in total. The molecule has 122 valence electrons. The number of H-pyrrole nitrogens is 1. The van der Waals surface area contributed by atoms with Crippen LogP contribution in [0.3, 0.4) is 0 Å². The van der Waals surface area contributed by atoms with E-state index in [1.807, 2.05) is 30.3 Å². The molecule has 0 saturated carbocycles. The van der Waals surface area contributed by atoms with Crippen LogP contribution < -0.4 is 10.5 Å². The molecule has 2 heterocycles. The van der Waals surface area contributed by atoms with Crippen LogP contribution in [0.5, 0.6) is 0 Å². The van der Waals surface area contributed by atoms with Crippen LogP contribution in [0.1, 0.15) is 11.1 Å². The third kappa shape index (κ3) is 3.17. The lowest BCUT2D eigenvalue weighted by molar-refractivity contribution is 1.09. The minimum atomic E-state index is -0.0908. The Balaban J connectivity index is 1.80. The highest BCUT2D eigenvalue weighted by Gasteiger charge is 2.19. The van der Waals surface area contributed by atoms with Crippen molar-refractivity contribution in [2.75, 3.05) is 11.4 Å². The molecule has 0 radical (unpaired) electrons. The number of hydrogen-bond donors (Lipinski definition) is 1. The van der Waals surface area contributed by atoms with Gasteiger partial charge in [0.15, 0.2) is 0 Å². The highest BCUT2D eigenvalue weighted by molar-refractivity contribution is 5.88. The van der Waals surface area contributed by atoms with E-state index >= 15 is 0 Å². The largest absolute Gasteiger partial charge is 0.336 e. The predicted molar refractivity (Wildman–Crippen MR) is 103 cm³/mol. The number of pyridine rings is 1. The van der Waals surface area contributed by atoms with Crippen molar-refractivity contribution in [3.63, 3.8) is 0 Å². The van der Waals surface area contributed by atoms with E-state index in [1.54, 1.807) is 12.3 Å². The summed E-state index contributed by atoms with van der Waals surface area (Å²) >= 11 is 0. The second-order valence-corrected chi connectivity index (χ2v) is 5.97. The maximum atomic E-state index is 11.4. The Morgan fingerprint density at radius 3 is 2.16 bits per heavy atom. The highest BCUT2D eigenvalue weighted by Crippen LogP contribution is 2.32. The molecule has 0 aliphatic carbocycles. The van der Waals surface area contributed by atoms with E-state index in [0.717, 1.165) is 23.5 Å². The first-order chi connectivity index (χ1) is 12.3. The van der Waals surface area contributed by atoms with Crippen LogP contribution in [0.2, 0.25) is 0 Å². The number of para-hydroxylation sites is 1. The lowest BCUT2D eigenvalue weighted by Gasteiger charge is -2.31. The number of hydrogen-bond acceptors (Lipinski definition) is 2. The van der Waals surface area contributed by atoms with Crippen molar-refractivity contribution in [2.24, 2.45) is 0 Å². The number of nitrogens with zero attached hydrogens (tertiary/aromatic N) is 1. The topological polar surface area (TPSA) is 36.1 Å². The van der Waals surface area contributed by atoms with Crippen molar-refractivity contribution >= 4 is 17.0 Å². The fourth-order valence-electron chi connectivity index (χ4n) is 3.08. The van der Waals surface area contributed by atoms with Crippen LogP contribution in [0.4, 0.5) is 5.69 Å². The lowest BCUT2D eigenvalue weighted by Crippen LogP contribution is -2.26. The van der Waals surface area contributed by atoms with Crippen LogP contribution in [0.15, 0.2) is 95.9 Å². The van der Waals surface area contributed by atoms with Gasteiger partial charge in [-0.05, 0) is 35.4 Å². The van der Waals surface area contributed by atoms with Crippen molar-refractivity contribution in [1.82, 2.24) is 4.98 Å². The van der Waals surface area contributed by atoms with Gasteiger partial charge in [0, 0.05) is 30.1 Å². The maximum absolute atomic E-state index is 11.4. The Bertz CT molecular complexity index is 965. The highest BCUT2D eigenvalue weighted by atomic mass is 16.1. The molecule has 4 rings (SSSR count). The Morgan fingerprint density at radius 1 is 0.760 bits per heavy atom. The molecule has 3 heteroatoms. The van der Waals surface area contributed by atoms with E-state index in [-0.39, 0.29) is 5.56 Å². The number of allylic oxidation sites excluding steroid dienone is 2. The van der Waals surface area contributed by atoms with Gasteiger partial charge < -0.3 is 9.88 Å². The molecule has 0 fully saturated rings. The third-order valence-electron chi connectivity index (χ3n) is 4.35. The molecule has 0 saturated heterocycles. The third-order valence-corrected chi connectivity index (χ3v) is 4.35. The Hall–Kier alpha value is -3.33. The molecular formula is C22H18N2O.